The number of aromatic nitrogens is 1. The molecule has 0 unspecified atom stereocenters. The third-order valence-corrected chi connectivity index (χ3v) is 3.92. The van der Waals surface area contributed by atoms with E-state index in [4.69, 9.17) is 0 Å². The van der Waals surface area contributed by atoms with Gasteiger partial charge < -0.3 is 10.6 Å². The molecule has 0 saturated heterocycles. The molecule has 0 aliphatic carbocycles. The van der Waals surface area contributed by atoms with Crippen LogP contribution in [0.25, 0.3) is 0 Å². The van der Waals surface area contributed by atoms with E-state index >= 15 is 0 Å². The van der Waals surface area contributed by atoms with Crippen LogP contribution in [0.2, 0.25) is 0 Å². The van der Waals surface area contributed by atoms with Crippen molar-refractivity contribution in [2.45, 2.75) is 13.5 Å². The molecule has 0 bridgehead atoms. The lowest BCUT2D eigenvalue weighted by Crippen LogP contribution is -2.23. The van der Waals surface area contributed by atoms with Crippen LogP contribution in [0.4, 0.5) is 15.8 Å². The minimum atomic E-state index is -0.316. The fraction of sp³-hybridized carbons (Fsp3) is 0.0952. The van der Waals surface area contributed by atoms with Crippen LogP contribution in [0.15, 0.2) is 66.9 Å². The number of hydrogen-bond donors (Lipinski definition) is 2. The maximum atomic E-state index is 12.9. The lowest BCUT2D eigenvalue weighted by molar-refractivity contribution is 0.0945. The Labute approximate surface area is 156 Å². The van der Waals surface area contributed by atoms with Crippen LogP contribution in [0.3, 0.4) is 0 Å². The highest BCUT2D eigenvalue weighted by Crippen LogP contribution is 2.17. The number of anilines is 2. The Balaban J connectivity index is 1.61. The molecule has 1 aromatic heterocycles. The number of amides is 1. The number of nitrogens with one attached hydrogen (secondary N) is 2. The van der Waals surface area contributed by atoms with Gasteiger partial charge in [-0.1, -0.05) is 24.3 Å². The van der Waals surface area contributed by atoms with E-state index in [0.29, 0.717) is 17.8 Å². The van der Waals surface area contributed by atoms with Crippen LogP contribution in [0, 0.1) is 5.82 Å². The molecule has 0 saturated carbocycles. The van der Waals surface area contributed by atoms with Gasteiger partial charge in [-0.25, -0.2) is 9.37 Å². The highest BCUT2D eigenvalue weighted by Gasteiger charge is 2.07. The van der Waals surface area contributed by atoms with Gasteiger partial charge in [-0.2, -0.15) is 0 Å². The molecule has 5 nitrogen and oxygen atoms in total. The molecule has 0 aliphatic rings. The van der Waals surface area contributed by atoms with Crippen LogP contribution >= 0.6 is 0 Å². The molecular weight excluding hydrogens is 345 g/mol. The number of nitrogens with zero attached hydrogens (tertiary/aromatic N) is 1. The maximum Gasteiger partial charge on any atom is 0.270 e. The SMILES string of the molecule is CC(=O)c1cccc(Nc2ccc(C(=O)NCc3ccc(F)cc3)nc2)c1. The van der Waals surface area contributed by atoms with E-state index in [0.717, 1.165) is 11.3 Å². The van der Waals surface area contributed by atoms with Crippen LogP contribution in [-0.4, -0.2) is 16.7 Å². The lowest BCUT2D eigenvalue weighted by Gasteiger charge is -2.08. The topological polar surface area (TPSA) is 71.1 Å². The number of hydrogen-bond acceptors (Lipinski definition) is 4. The second-order valence-corrected chi connectivity index (χ2v) is 6.00. The lowest BCUT2D eigenvalue weighted by atomic mass is 10.1. The minimum Gasteiger partial charge on any atom is -0.354 e. The van der Waals surface area contributed by atoms with Crippen LogP contribution in [-0.2, 0) is 6.54 Å². The molecule has 27 heavy (non-hydrogen) atoms. The third-order valence-electron chi connectivity index (χ3n) is 3.92. The average molecular weight is 363 g/mol. The third kappa shape index (κ3) is 4.98. The second-order valence-electron chi connectivity index (χ2n) is 6.00. The Bertz CT molecular complexity index is 954. The van der Waals surface area contributed by atoms with Gasteiger partial charge >= 0.3 is 0 Å². The Hall–Kier alpha value is -3.54. The molecule has 0 fully saturated rings. The number of pyridine rings is 1. The molecule has 1 heterocycles. The van der Waals surface area contributed by atoms with Crippen LogP contribution in [0.5, 0.6) is 0 Å². The number of ketones is 1. The second kappa shape index (κ2) is 8.23. The van der Waals surface area contributed by atoms with E-state index in [1.165, 1.54) is 19.1 Å². The number of halogens is 1. The smallest absolute Gasteiger partial charge is 0.270 e. The van der Waals surface area contributed by atoms with Gasteiger partial charge in [0.2, 0.25) is 0 Å². The summed E-state index contributed by atoms with van der Waals surface area (Å²) in [5, 5.41) is 5.89. The van der Waals surface area contributed by atoms with E-state index < -0.39 is 0 Å². The van der Waals surface area contributed by atoms with Gasteiger partial charge in [-0.3, -0.25) is 9.59 Å². The molecule has 136 valence electrons. The zero-order chi connectivity index (χ0) is 19.2. The molecule has 3 rings (SSSR count). The summed E-state index contributed by atoms with van der Waals surface area (Å²) in [6, 6.07) is 16.4. The van der Waals surface area contributed by atoms with Gasteiger partial charge in [0.25, 0.3) is 5.91 Å². The predicted octanol–water partition coefficient (Wildman–Crippen LogP) is 4.10. The van der Waals surface area contributed by atoms with Gasteiger partial charge in [0.05, 0.1) is 11.9 Å². The Morgan fingerprint density at radius 3 is 2.44 bits per heavy atom. The molecule has 6 heteroatoms. The molecule has 0 aliphatic heterocycles. The Morgan fingerprint density at radius 2 is 1.78 bits per heavy atom. The Kier molecular flexibility index (Phi) is 5.56. The van der Waals surface area contributed by atoms with E-state index in [1.807, 2.05) is 6.07 Å². The van der Waals surface area contributed by atoms with Gasteiger partial charge in [0, 0.05) is 17.8 Å². The summed E-state index contributed by atoms with van der Waals surface area (Å²) >= 11 is 0. The van der Waals surface area contributed by atoms with Crippen molar-refractivity contribution < 1.29 is 14.0 Å². The highest BCUT2D eigenvalue weighted by molar-refractivity contribution is 5.95. The first-order valence-corrected chi connectivity index (χ1v) is 8.38. The van der Waals surface area contributed by atoms with E-state index in [2.05, 4.69) is 15.6 Å². The first kappa shape index (κ1) is 18.3. The largest absolute Gasteiger partial charge is 0.354 e. The van der Waals surface area contributed by atoms with E-state index in [1.54, 1.807) is 48.7 Å². The number of benzene rings is 2. The number of carbonyl (C=O) groups is 2. The van der Waals surface area contributed by atoms with Crippen molar-refractivity contribution in [3.63, 3.8) is 0 Å². The monoisotopic (exact) mass is 363 g/mol. The van der Waals surface area contributed by atoms with Crippen LogP contribution in [0.1, 0.15) is 33.3 Å². The minimum absolute atomic E-state index is 0.00931. The molecule has 1 amide bonds. The quantitative estimate of drug-likeness (QED) is 0.647. The maximum absolute atomic E-state index is 12.9. The molecule has 0 radical (unpaired) electrons. The highest BCUT2D eigenvalue weighted by atomic mass is 19.1. The summed E-state index contributed by atoms with van der Waals surface area (Å²) in [5.74, 6) is -0.641. The Morgan fingerprint density at radius 1 is 1.00 bits per heavy atom. The van der Waals surface area contributed by atoms with Gasteiger partial charge in [-0.15, -0.1) is 0 Å². The molecule has 0 atom stereocenters. The first-order chi connectivity index (χ1) is 13.0. The zero-order valence-electron chi connectivity index (χ0n) is 14.7. The first-order valence-electron chi connectivity index (χ1n) is 8.38. The van der Waals surface area contributed by atoms with Gasteiger partial charge in [-0.05, 0) is 48.9 Å². The summed E-state index contributed by atoms with van der Waals surface area (Å²) in [5.41, 5.74) is 3.15. The normalized spacial score (nSPS) is 10.3. The molecule has 0 spiro atoms. The van der Waals surface area contributed by atoms with Crippen molar-refractivity contribution in [2.75, 3.05) is 5.32 Å². The summed E-state index contributed by atoms with van der Waals surface area (Å²) in [4.78, 5) is 27.8. The standard InChI is InChI=1S/C21H18FN3O2/c1-14(26)16-3-2-4-18(11-16)25-19-9-10-20(23-13-19)21(27)24-12-15-5-7-17(22)8-6-15/h2-11,13,25H,12H2,1H3,(H,24,27). The zero-order valence-corrected chi connectivity index (χ0v) is 14.7. The fourth-order valence-corrected chi connectivity index (χ4v) is 2.46. The van der Waals surface area contributed by atoms with E-state index in [-0.39, 0.29) is 23.2 Å². The van der Waals surface area contributed by atoms with Gasteiger partial charge in [0.15, 0.2) is 5.78 Å². The summed E-state index contributed by atoms with van der Waals surface area (Å²) in [6.45, 7) is 1.80. The van der Waals surface area contributed by atoms with Crippen molar-refractivity contribution in [3.05, 3.63) is 89.5 Å². The number of Topliss-reactive ketones (excluding diaryl/α,β-unsaturated/α-hetero) is 1. The summed E-state index contributed by atoms with van der Waals surface area (Å²) in [6.07, 6.45) is 1.55. The fourth-order valence-electron chi connectivity index (χ4n) is 2.46. The molecular formula is C21H18FN3O2. The van der Waals surface area contributed by atoms with Crippen LogP contribution < -0.4 is 10.6 Å². The van der Waals surface area contributed by atoms with E-state index in [9.17, 15) is 14.0 Å². The molecule has 2 N–H and O–H groups in total. The van der Waals surface area contributed by atoms with Crippen molar-refractivity contribution in [1.82, 2.24) is 10.3 Å². The van der Waals surface area contributed by atoms with Crippen molar-refractivity contribution >= 4 is 23.1 Å². The summed E-state index contributed by atoms with van der Waals surface area (Å²) < 4.78 is 12.9. The predicted molar refractivity (Wildman–Crippen MR) is 102 cm³/mol. The summed E-state index contributed by atoms with van der Waals surface area (Å²) in [7, 11) is 0. The molecule has 3 aromatic rings. The molecule has 2 aromatic carbocycles. The van der Waals surface area contributed by atoms with Crippen molar-refractivity contribution in [1.29, 1.82) is 0 Å². The van der Waals surface area contributed by atoms with Crippen molar-refractivity contribution in [2.24, 2.45) is 0 Å². The van der Waals surface area contributed by atoms with Crippen molar-refractivity contribution in [3.8, 4) is 0 Å². The van der Waals surface area contributed by atoms with Gasteiger partial charge in [0.1, 0.15) is 11.5 Å². The number of rotatable bonds is 6. The number of carbonyl (C=O) groups excluding carboxylic acids is 2. The average Bonchev–Trinajstić information content (AvgIpc) is 2.68.